The number of nitriles is 1. The Bertz CT molecular complexity index is 782. The smallest absolute Gasteiger partial charge is 0.225 e. The van der Waals surface area contributed by atoms with Gasteiger partial charge < -0.3 is 5.32 Å². The molecule has 0 heterocycles. The van der Waals surface area contributed by atoms with Crippen LogP contribution >= 0.6 is 34.8 Å². The van der Waals surface area contributed by atoms with E-state index in [1.165, 1.54) is 0 Å². The van der Waals surface area contributed by atoms with Gasteiger partial charge in [-0.05, 0) is 41.8 Å². The van der Waals surface area contributed by atoms with Crippen molar-refractivity contribution in [3.63, 3.8) is 0 Å². The number of carbonyl (C=O) groups is 1. The predicted octanol–water partition coefficient (Wildman–Crippen LogP) is 5.52. The van der Waals surface area contributed by atoms with Crippen molar-refractivity contribution < 1.29 is 4.79 Å². The minimum absolute atomic E-state index is 0.175. The highest BCUT2D eigenvalue weighted by Gasteiger charge is 2.19. The van der Waals surface area contributed by atoms with Crippen molar-refractivity contribution in [1.82, 2.24) is 0 Å². The highest BCUT2D eigenvalue weighted by atomic mass is 35.5. The molecule has 0 aliphatic rings. The molecule has 0 fully saturated rings. The monoisotopic (exact) mass is 380 g/mol. The van der Waals surface area contributed by atoms with Crippen molar-refractivity contribution >= 4 is 46.4 Å². The lowest BCUT2D eigenvalue weighted by atomic mass is 9.91. The molecule has 0 spiro atoms. The van der Waals surface area contributed by atoms with Gasteiger partial charge in [0.1, 0.15) is 0 Å². The summed E-state index contributed by atoms with van der Waals surface area (Å²) in [5.74, 6) is -0.434. The third-order valence-electron chi connectivity index (χ3n) is 3.58. The lowest BCUT2D eigenvalue weighted by Gasteiger charge is -2.16. The number of nitrogens with one attached hydrogen (secondary N) is 1. The fraction of sp³-hybridized carbons (Fsp3) is 0.222. The lowest BCUT2D eigenvalue weighted by molar-refractivity contribution is -0.115. The molecule has 1 atom stereocenters. The number of nitrogens with zero attached hydrogens (tertiary/aromatic N) is 1. The normalized spacial score (nSPS) is 11.6. The Labute approximate surface area is 156 Å². The van der Waals surface area contributed by atoms with E-state index >= 15 is 0 Å². The van der Waals surface area contributed by atoms with E-state index in [9.17, 15) is 10.1 Å². The third kappa shape index (κ3) is 4.42. The number of benzene rings is 2. The molecule has 124 valence electrons. The van der Waals surface area contributed by atoms with Gasteiger partial charge in [-0.2, -0.15) is 5.26 Å². The molecule has 0 aliphatic heterocycles. The number of anilines is 1. The molecular weight excluding hydrogens is 367 g/mol. The zero-order chi connectivity index (χ0) is 17.7. The Balaban J connectivity index is 2.36. The van der Waals surface area contributed by atoms with Crippen molar-refractivity contribution in [2.24, 2.45) is 0 Å². The first-order chi connectivity index (χ1) is 11.5. The summed E-state index contributed by atoms with van der Waals surface area (Å²) in [6, 6.07) is 12.8. The molecule has 2 aromatic rings. The molecule has 3 nitrogen and oxygen atoms in total. The summed E-state index contributed by atoms with van der Waals surface area (Å²) in [5, 5.41) is 13.4. The van der Waals surface area contributed by atoms with Gasteiger partial charge >= 0.3 is 0 Å². The second-order valence-corrected chi connectivity index (χ2v) is 6.51. The standard InChI is InChI=1S/C18H15Cl3N2O/c1-11-8-14(15(10-22)12-2-4-13(20)5-3-12)16(21)9-17(11)23-18(24)6-7-19/h2-5,8-9,15H,6-7H2,1H3,(H,23,24)/t15-/m1/s1. The topological polar surface area (TPSA) is 52.9 Å². The summed E-state index contributed by atoms with van der Waals surface area (Å²) < 4.78 is 0. The van der Waals surface area contributed by atoms with Crippen LogP contribution in [0.2, 0.25) is 10.0 Å². The van der Waals surface area contributed by atoms with Gasteiger partial charge in [-0.15, -0.1) is 11.6 Å². The summed E-state index contributed by atoms with van der Waals surface area (Å²) in [6.45, 7) is 1.85. The molecule has 6 heteroatoms. The van der Waals surface area contributed by atoms with Gasteiger partial charge in [-0.1, -0.05) is 41.4 Å². The molecule has 1 amide bonds. The number of carbonyl (C=O) groups excluding carboxylic acids is 1. The average Bonchev–Trinajstić information content (AvgIpc) is 2.54. The van der Waals surface area contributed by atoms with Crippen molar-refractivity contribution in [3.8, 4) is 6.07 Å². The lowest BCUT2D eigenvalue weighted by Crippen LogP contribution is -2.13. The number of hydrogen-bond acceptors (Lipinski definition) is 2. The second kappa shape index (κ2) is 8.39. The Hall–Kier alpha value is -1.73. The Morgan fingerprint density at radius 3 is 2.50 bits per heavy atom. The maximum atomic E-state index is 11.7. The van der Waals surface area contributed by atoms with Gasteiger partial charge in [0.25, 0.3) is 0 Å². The minimum Gasteiger partial charge on any atom is -0.326 e. The molecule has 0 radical (unpaired) electrons. The number of hydrogen-bond donors (Lipinski definition) is 1. The van der Waals surface area contributed by atoms with Crippen molar-refractivity contribution in [2.45, 2.75) is 19.3 Å². The van der Waals surface area contributed by atoms with Crippen LogP contribution in [0.25, 0.3) is 0 Å². The Morgan fingerprint density at radius 1 is 1.25 bits per heavy atom. The van der Waals surface area contributed by atoms with Crippen LogP contribution in [0.4, 0.5) is 5.69 Å². The van der Waals surface area contributed by atoms with Gasteiger partial charge in [0.2, 0.25) is 5.91 Å². The van der Waals surface area contributed by atoms with Crippen LogP contribution in [0.1, 0.15) is 29.0 Å². The van der Waals surface area contributed by atoms with E-state index < -0.39 is 5.92 Å². The highest BCUT2D eigenvalue weighted by Crippen LogP contribution is 2.34. The summed E-state index contributed by atoms with van der Waals surface area (Å²) >= 11 is 17.8. The van der Waals surface area contributed by atoms with Crippen molar-refractivity contribution in [2.75, 3.05) is 11.2 Å². The van der Waals surface area contributed by atoms with Gasteiger partial charge in [0.15, 0.2) is 0 Å². The largest absolute Gasteiger partial charge is 0.326 e. The molecule has 1 N–H and O–H groups in total. The fourth-order valence-corrected chi connectivity index (χ4v) is 2.91. The zero-order valence-electron chi connectivity index (χ0n) is 12.9. The first-order valence-corrected chi connectivity index (χ1v) is 8.56. The minimum atomic E-state index is -0.513. The van der Waals surface area contributed by atoms with Crippen LogP contribution in [0, 0.1) is 18.3 Å². The van der Waals surface area contributed by atoms with Crippen LogP contribution in [-0.2, 0) is 4.79 Å². The highest BCUT2D eigenvalue weighted by molar-refractivity contribution is 6.32. The fourth-order valence-electron chi connectivity index (χ4n) is 2.34. The van der Waals surface area contributed by atoms with Crippen LogP contribution in [0.3, 0.4) is 0 Å². The SMILES string of the molecule is Cc1cc([C@H](C#N)c2ccc(Cl)cc2)c(Cl)cc1NC(=O)CCCl. The van der Waals surface area contributed by atoms with Gasteiger partial charge in [-0.3, -0.25) is 4.79 Å². The molecule has 2 aromatic carbocycles. The number of aryl methyl sites for hydroxylation is 1. The van der Waals surface area contributed by atoms with Crippen LogP contribution < -0.4 is 5.32 Å². The van der Waals surface area contributed by atoms with E-state index in [4.69, 9.17) is 34.8 Å². The van der Waals surface area contributed by atoms with E-state index in [0.29, 0.717) is 21.3 Å². The summed E-state index contributed by atoms with van der Waals surface area (Å²) in [4.78, 5) is 11.7. The van der Waals surface area contributed by atoms with E-state index in [1.54, 1.807) is 30.3 Å². The van der Waals surface area contributed by atoms with E-state index in [2.05, 4.69) is 11.4 Å². The van der Waals surface area contributed by atoms with Crippen molar-refractivity contribution in [3.05, 3.63) is 63.1 Å². The Morgan fingerprint density at radius 2 is 1.92 bits per heavy atom. The Kier molecular flexibility index (Phi) is 6.51. The molecule has 24 heavy (non-hydrogen) atoms. The quantitative estimate of drug-likeness (QED) is 0.693. The molecular formula is C18H15Cl3N2O. The molecule has 0 bridgehead atoms. The van der Waals surface area contributed by atoms with Gasteiger partial charge in [0.05, 0.1) is 12.0 Å². The number of halogens is 3. The summed E-state index contributed by atoms with van der Waals surface area (Å²) in [7, 11) is 0. The average molecular weight is 382 g/mol. The molecule has 0 saturated carbocycles. The van der Waals surface area contributed by atoms with E-state index in [-0.39, 0.29) is 18.2 Å². The summed E-state index contributed by atoms with van der Waals surface area (Å²) in [5.41, 5.74) is 2.94. The van der Waals surface area contributed by atoms with Crippen LogP contribution in [-0.4, -0.2) is 11.8 Å². The summed E-state index contributed by atoms with van der Waals surface area (Å²) in [6.07, 6.45) is 0.228. The molecule has 0 aromatic heterocycles. The molecule has 0 unspecified atom stereocenters. The number of rotatable bonds is 5. The van der Waals surface area contributed by atoms with E-state index in [1.807, 2.05) is 13.0 Å². The van der Waals surface area contributed by atoms with E-state index in [0.717, 1.165) is 11.1 Å². The number of alkyl halides is 1. The third-order valence-corrected chi connectivity index (χ3v) is 4.35. The molecule has 0 saturated heterocycles. The first kappa shape index (κ1) is 18.6. The zero-order valence-corrected chi connectivity index (χ0v) is 15.2. The predicted molar refractivity (Wildman–Crippen MR) is 99.1 cm³/mol. The van der Waals surface area contributed by atoms with Crippen LogP contribution in [0.5, 0.6) is 0 Å². The second-order valence-electron chi connectivity index (χ2n) is 5.29. The molecule has 2 rings (SSSR count). The van der Waals surface area contributed by atoms with Crippen molar-refractivity contribution in [1.29, 1.82) is 5.26 Å². The first-order valence-electron chi connectivity index (χ1n) is 7.27. The maximum absolute atomic E-state index is 11.7. The van der Waals surface area contributed by atoms with Gasteiger partial charge in [-0.25, -0.2) is 0 Å². The maximum Gasteiger partial charge on any atom is 0.225 e. The van der Waals surface area contributed by atoms with Crippen LogP contribution in [0.15, 0.2) is 36.4 Å². The molecule has 0 aliphatic carbocycles. The van der Waals surface area contributed by atoms with Gasteiger partial charge in [0, 0.05) is 28.0 Å². The number of amides is 1.